The van der Waals surface area contributed by atoms with Crippen LogP contribution in [-0.2, 0) is 6.54 Å². The molecule has 1 saturated carbocycles. The Hall–Kier alpha value is -2.94. The Morgan fingerprint density at radius 3 is 2.66 bits per heavy atom. The molecule has 3 N–H and O–H groups in total. The van der Waals surface area contributed by atoms with Gasteiger partial charge in [0.05, 0.1) is 6.20 Å². The Labute approximate surface area is 190 Å². The molecule has 0 spiro atoms. The number of amides is 1. The molecule has 9 heteroatoms. The van der Waals surface area contributed by atoms with Gasteiger partial charge in [-0.15, -0.1) is 0 Å². The lowest BCUT2D eigenvalue weighted by Gasteiger charge is -2.25. The lowest BCUT2D eigenvalue weighted by Crippen LogP contribution is -2.28. The van der Waals surface area contributed by atoms with Crippen LogP contribution in [0.15, 0.2) is 30.5 Å². The van der Waals surface area contributed by atoms with E-state index in [4.69, 9.17) is 5.73 Å². The van der Waals surface area contributed by atoms with E-state index in [9.17, 15) is 9.18 Å². The first-order valence-electron chi connectivity index (χ1n) is 11.2. The highest BCUT2D eigenvalue weighted by Crippen LogP contribution is 2.36. The molecule has 2 aliphatic rings. The quantitative estimate of drug-likeness (QED) is 0.560. The molecule has 1 saturated heterocycles. The second kappa shape index (κ2) is 8.90. The first-order valence-corrected chi connectivity index (χ1v) is 12.0. The maximum absolute atomic E-state index is 14.2. The van der Waals surface area contributed by atoms with Gasteiger partial charge in [0.2, 0.25) is 0 Å². The molecular weight excluding hydrogens is 427 g/mol. The summed E-state index contributed by atoms with van der Waals surface area (Å²) < 4.78 is 16.2. The zero-order valence-corrected chi connectivity index (χ0v) is 18.7. The average Bonchev–Trinajstić information content (AvgIpc) is 3.48. The number of nitrogens with two attached hydrogens (primary N) is 1. The first-order chi connectivity index (χ1) is 15.6. The summed E-state index contributed by atoms with van der Waals surface area (Å²) in [6, 6.07) is 6.35. The molecule has 0 bridgehead atoms. The van der Waals surface area contributed by atoms with Crippen LogP contribution in [0, 0.1) is 11.7 Å². The van der Waals surface area contributed by atoms with Gasteiger partial charge in [0.15, 0.2) is 11.5 Å². The maximum Gasteiger partial charge on any atom is 0.277 e. The molecule has 1 aliphatic heterocycles. The highest BCUT2D eigenvalue weighted by Gasteiger charge is 2.28. The van der Waals surface area contributed by atoms with Gasteiger partial charge in [-0.25, -0.2) is 14.1 Å². The largest absolute Gasteiger partial charge is 0.389 e. The molecular formula is C23H27FN6OS. The van der Waals surface area contributed by atoms with Crippen LogP contribution in [0.25, 0.3) is 10.6 Å². The van der Waals surface area contributed by atoms with E-state index in [0.717, 1.165) is 49.6 Å². The van der Waals surface area contributed by atoms with E-state index in [1.807, 2.05) is 4.68 Å². The Balaban J connectivity index is 1.42. The summed E-state index contributed by atoms with van der Waals surface area (Å²) in [5.41, 5.74) is 7.24. The highest BCUT2D eigenvalue weighted by molar-refractivity contribution is 7.19. The Bertz CT molecular complexity index is 1110. The van der Waals surface area contributed by atoms with Crippen molar-refractivity contribution in [2.24, 2.45) is 5.92 Å². The predicted octanol–water partition coefficient (Wildman–Crippen LogP) is 4.77. The van der Waals surface area contributed by atoms with Gasteiger partial charge in [0, 0.05) is 25.2 Å². The molecule has 5 rings (SSSR count). The summed E-state index contributed by atoms with van der Waals surface area (Å²) in [6.07, 6.45) is 8.90. The second-order valence-electron chi connectivity index (χ2n) is 8.57. The van der Waals surface area contributed by atoms with Crippen LogP contribution >= 0.6 is 11.3 Å². The van der Waals surface area contributed by atoms with E-state index in [1.54, 1.807) is 24.4 Å². The molecule has 168 valence electrons. The second-order valence-corrected chi connectivity index (χ2v) is 9.61. The third-order valence-electron chi connectivity index (χ3n) is 6.07. The van der Waals surface area contributed by atoms with Crippen LogP contribution in [0.1, 0.15) is 49.0 Å². The van der Waals surface area contributed by atoms with Crippen LogP contribution in [0.2, 0.25) is 0 Å². The third kappa shape index (κ3) is 4.34. The van der Waals surface area contributed by atoms with Crippen LogP contribution in [0.3, 0.4) is 0 Å². The minimum atomic E-state index is -0.400. The summed E-state index contributed by atoms with van der Waals surface area (Å²) in [6.45, 7) is 2.78. The van der Waals surface area contributed by atoms with Crippen molar-refractivity contribution in [3.63, 3.8) is 0 Å². The molecule has 32 heavy (non-hydrogen) atoms. The topological polar surface area (TPSA) is 89.1 Å². The molecule has 1 aliphatic carbocycles. The number of rotatable bonds is 6. The number of carbonyl (C=O) groups excluding carboxylic acids is 1. The average molecular weight is 455 g/mol. The number of nitrogens with zero attached hydrogens (tertiary/aromatic N) is 4. The van der Waals surface area contributed by atoms with Crippen molar-refractivity contribution >= 4 is 33.8 Å². The maximum atomic E-state index is 14.2. The zero-order valence-electron chi connectivity index (χ0n) is 17.9. The van der Waals surface area contributed by atoms with E-state index in [1.165, 1.54) is 31.7 Å². The molecule has 0 radical (unpaired) electrons. The Morgan fingerprint density at radius 2 is 1.94 bits per heavy atom. The summed E-state index contributed by atoms with van der Waals surface area (Å²) in [7, 11) is 0. The lowest BCUT2D eigenvalue weighted by molar-refractivity contribution is 0.102. The third-order valence-corrected chi connectivity index (χ3v) is 6.98. The number of thiazole rings is 1. The normalized spacial score (nSPS) is 16.7. The monoisotopic (exact) mass is 454 g/mol. The summed E-state index contributed by atoms with van der Waals surface area (Å²) in [5, 5.41) is 8.24. The van der Waals surface area contributed by atoms with Crippen LogP contribution in [0.4, 0.5) is 20.9 Å². The van der Waals surface area contributed by atoms with E-state index in [-0.39, 0.29) is 10.7 Å². The van der Waals surface area contributed by atoms with Crippen molar-refractivity contribution in [1.82, 2.24) is 14.8 Å². The van der Waals surface area contributed by atoms with Crippen molar-refractivity contribution in [3.8, 4) is 10.6 Å². The number of nitrogens with one attached hydrogen (secondary N) is 1. The van der Waals surface area contributed by atoms with Crippen LogP contribution in [0.5, 0.6) is 0 Å². The van der Waals surface area contributed by atoms with E-state index < -0.39 is 11.7 Å². The zero-order chi connectivity index (χ0) is 22.1. The standard InChI is InChI=1S/C23H27FN6OS/c24-17-8-4-3-7-16(17)22-28-19(20(25)32-22)21(31)27-18-13-26-30(14-15-9-10-15)23(18)29-11-5-1-2-6-12-29/h3-4,7-8,13,15H,1-2,5-6,9-12,14,25H2,(H,27,31). The molecule has 2 aromatic heterocycles. The van der Waals surface area contributed by atoms with Crippen LogP contribution < -0.4 is 16.0 Å². The molecule has 2 fully saturated rings. The number of nitrogen functional groups attached to an aromatic ring is 1. The lowest BCUT2D eigenvalue weighted by atomic mass is 10.2. The molecule has 7 nitrogen and oxygen atoms in total. The molecule has 3 heterocycles. The van der Waals surface area contributed by atoms with Crippen molar-refractivity contribution < 1.29 is 9.18 Å². The smallest absolute Gasteiger partial charge is 0.277 e. The number of benzene rings is 1. The number of aromatic nitrogens is 3. The van der Waals surface area contributed by atoms with Gasteiger partial charge in [-0.1, -0.05) is 36.3 Å². The molecule has 1 amide bonds. The van der Waals surface area contributed by atoms with Gasteiger partial charge < -0.3 is 16.0 Å². The van der Waals surface area contributed by atoms with Gasteiger partial charge in [-0.05, 0) is 43.7 Å². The number of hydrogen-bond acceptors (Lipinski definition) is 6. The van der Waals surface area contributed by atoms with Crippen molar-refractivity contribution in [2.75, 3.05) is 29.0 Å². The van der Waals surface area contributed by atoms with Crippen molar-refractivity contribution in [2.45, 2.75) is 45.1 Å². The van der Waals surface area contributed by atoms with Gasteiger partial charge in [-0.2, -0.15) is 5.10 Å². The molecule has 1 aromatic carbocycles. The van der Waals surface area contributed by atoms with E-state index in [2.05, 4.69) is 20.3 Å². The number of anilines is 3. The summed E-state index contributed by atoms with van der Waals surface area (Å²) in [4.78, 5) is 19.8. The minimum absolute atomic E-state index is 0.116. The molecule has 3 aromatic rings. The van der Waals surface area contributed by atoms with Crippen LogP contribution in [-0.4, -0.2) is 33.8 Å². The minimum Gasteiger partial charge on any atom is -0.389 e. The fourth-order valence-corrected chi connectivity index (χ4v) is 5.04. The Kier molecular flexibility index (Phi) is 5.82. The number of carbonyl (C=O) groups is 1. The first kappa shape index (κ1) is 20.9. The molecule has 0 atom stereocenters. The van der Waals surface area contributed by atoms with Gasteiger partial charge in [0.25, 0.3) is 5.91 Å². The predicted molar refractivity (Wildman–Crippen MR) is 126 cm³/mol. The summed E-state index contributed by atoms with van der Waals surface area (Å²) >= 11 is 1.11. The molecule has 0 unspecified atom stereocenters. The van der Waals surface area contributed by atoms with Gasteiger partial charge in [0.1, 0.15) is 21.5 Å². The Morgan fingerprint density at radius 1 is 1.19 bits per heavy atom. The number of hydrogen-bond donors (Lipinski definition) is 2. The summed E-state index contributed by atoms with van der Waals surface area (Å²) in [5.74, 6) is 0.846. The fourth-order valence-electron chi connectivity index (χ4n) is 4.19. The SMILES string of the molecule is Nc1sc(-c2ccccc2F)nc1C(=O)Nc1cnn(CC2CC2)c1N1CCCCCC1. The van der Waals surface area contributed by atoms with Crippen molar-refractivity contribution in [1.29, 1.82) is 0 Å². The highest BCUT2D eigenvalue weighted by atomic mass is 32.1. The van der Waals surface area contributed by atoms with Crippen molar-refractivity contribution in [3.05, 3.63) is 42.0 Å². The fraction of sp³-hybridized carbons (Fsp3) is 0.435. The van der Waals surface area contributed by atoms with E-state index >= 15 is 0 Å². The van der Waals surface area contributed by atoms with E-state index in [0.29, 0.717) is 22.2 Å². The number of halogens is 1. The van der Waals surface area contributed by atoms with Gasteiger partial charge >= 0.3 is 0 Å². The van der Waals surface area contributed by atoms with Gasteiger partial charge in [-0.3, -0.25) is 4.79 Å².